The van der Waals surface area contributed by atoms with Gasteiger partial charge >= 0.3 is 5.69 Å². The Morgan fingerprint density at radius 3 is 3.00 bits per heavy atom. The molecule has 1 N–H and O–H groups in total. The van der Waals surface area contributed by atoms with Crippen molar-refractivity contribution in [2.75, 3.05) is 31.7 Å². The molecule has 1 aromatic rings. The second kappa shape index (κ2) is 6.51. The fourth-order valence-electron chi connectivity index (χ4n) is 2.42. The van der Waals surface area contributed by atoms with Crippen LogP contribution in [0.1, 0.15) is 30.7 Å². The zero-order chi connectivity index (χ0) is 14.7. The van der Waals surface area contributed by atoms with Crippen molar-refractivity contribution < 1.29 is 14.8 Å². The standard InChI is InChI=1S/C13H20N2O4S/c1-9(16)12-6-11(15(17)18)13(20-12)14(2)7-10-4-3-5-19-8-10/h6,9-10,16H,3-5,7-8H2,1-2H3. The maximum absolute atomic E-state index is 11.1. The summed E-state index contributed by atoms with van der Waals surface area (Å²) in [5, 5.41) is 21.3. The second-order valence-electron chi connectivity index (χ2n) is 5.24. The number of thiophene rings is 1. The lowest BCUT2D eigenvalue weighted by Crippen LogP contribution is -2.30. The normalized spacial score (nSPS) is 20.6. The van der Waals surface area contributed by atoms with E-state index in [1.807, 2.05) is 11.9 Å². The summed E-state index contributed by atoms with van der Waals surface area (Å²) in [5.74, 6) is 0.408. The Morgan fingerprint density at radius 1 is 1.70 bits per heavy atom. The van der Waals surface area contributed by atoms with E-state index in [4.69, 9.17) is 4.74 Å². The van der Waals surface area contributed by atoms with Crippen molar-refractivity contribution in [1.29, 1.82) is 0 Å². The molecule has 1 aromatic heterocycles. The fourth-order valence-corrected chi connectivity index (χ4v) is 3.45. The van der Waals surface area contributed by atoms with Crippen molar-refractivity contribution in [3.05, 3.63) is 21.1 Å². The molecule has 1 fully saturated rings. The first kappa shape index (κ1) is 15.2. The van der Waals surface area contributed by atoms with Gasteiger partial charge in [-0.1, -0.05) is 0 Å². The highest BCUT2D eigenvalue weighted by molar-refractivity contribution is 7.16. The highest BCUT2D eigenvalue weighted by Crippen LogP contribution is 2.40. The quantitative estimate of drug-likeness (QED) is 0.668. The lowest BCUT2D eigenvalue weighted by atomic mass is 10.0. The lowest BCUT2D eigenvalue weighted by Gasteiger charge is -2.27. The first-order valence-corrected chi connectivity index (χ1v) is 7.55. The van der Waals surface area contributed by atoms with Crippen LogP contribution >= 0.6 is 11.3 Å². The first-order valence-electron chi connectivity index (χ1n) is 6.74. The van der Waals surface area contributed by atoms with Gasteiger partial charge in [-0.25, -0.2) is 0 Å². The highest BCUT2D eigenvalue weighted by Gasteiger charge is 2.25. The van der Waals surface area contributed by atoms with Gasteiger partial charge in [-0.2, -0.15) is 0 Å². The fraction of sp³-hybridized carbons (Fsp3) is 0.692. The average molecular weight is 300 g/mol. The molecular weight excluding hydrogens is 280 g/mol. The number of hydrogen-bond acceptors (Lipinski definition) is 6. The molecule has 2 heterocycles. The van der Waals surface area contributed by atoms with Gasteiger partial charge in [0.1, 0.15) is 0 Å². The van der Waals surface area contributed by atoms with Crippen LogP contribution in [0, 0.1) is 16.0 Å². The minimum Gasteiger partial charge on any atom is -0.388 e. The van der Waals surface area contributed by atoms with Crippen molar-refractivity contribution in [2.24, 2.45) is 5.92 Å². The average Bonchev–Trinajstić information content (AvgIpc) is 2.85. The van der Waals surface area contributed by atoms with Gasteiger partial charge in [0.05, 0.1) is 17.6 Å². The van der Waals surface area contributed by atoms with Crippen LogP contribution in [0.2, 0.25) is 0 Å². The minimum atomic E-state index is -0.682. The summed E-state index contributed by atoms with van der Waals surface area (Å²) in [6, 6.07) is 1.47. The van der Waals surface area contributed by atoms with Crippen LogP contribution in [0.3, 0.4) is 0 Å². The Bertz CT molecular complexity index is 469. The van der Waals surface area contributed by atoms with Crippen molar-refractivity contribution in [2.45, 2.75) is 25.9 Å². The van der Waals surface area contributed by atoms with E-state index in [2.05, 4.69) is 0 Å². The van der Waals surface area contributed by atoms with Gasteiger partial charge in [-0.15, -0.1) is 11.3 Å². The Hall–Kier alpha value is -1.18. The topological polar surface area (TPSA) is 75.8 Å². The number of aliphatic hydroxyl groups is 1. The predicted octanol–water partition coefficient (Wildman–Crippen LogP) is 2.57. The molecule has 0 radical (unpaired) electrons. The molecule has 1 aliphatic rings. The van der Waals surface area contributed by atoms with E-state index < -0.39 is 6.10 Å². The lowest BCUT2D eigenvalue weighted by molar-refractivity contribution is -0.383. The molecule has 20 heavy (non-hydrogen) atoms. The van der Waals surface area contributed by atoms with Gasteiger partial charge < -0.3 is 14.7 Å². The van der Waals surface area contributed by atoms with Crippen molar-refractivity contribution in [1.82, 2.24) is 0 Å². The highest BCUT2D eigenvalue weighted by atomic mass is 32.1. The number of rotatable bonds is 5. The maximum Gasteiger partial charge on any atom is 0.304 e. The van der Waals surface area contributed by atoms with E-state index in [9.17, 15) is 15.2 Å². The van der Waals surface area contributed by atoms with Gasteiger partial charge in [-0.3, -0.25) is 10.1 Å². The molecule has 6 nitrogen and oxygen atoms in total. The summed E-state index contributed by atoms with van der Waals surface area (Å²) < 4.78 is 5.44. The summed E-state index contributed by atoms with van der Waals surface area (Å²) in [4.78, 5) is 13.3. The minimum absolute atomic E-state index is 0.0742. The number of nitro groups is 1. The van der Waals surface area contributed by atoms with Crippen LogP contribution in [0.15, 0.2) is 6.07 Å². The summed E-state index contributed by atoms with van der Waals surface area (Å²) in [5.41, 5.74) is 0.0742. The SMILES string of the molecule is CC(O)c1cc([N+](=O)[O-])c(N(C)CC2CCCOC2)s1. The van der Waals surface area contributed by atoms with Gasteiger partial charge in [0, 0.05) is 31.1 Å². The van der Waals surface area contributed by atoms with Gasteiger partial charge in [0.25, 0.3) is 0 Å². The summed E-state index contributed by atoms with van der Waals surface area (Å²) in [6.07, 6.45) is 1.45. The Labute approximate surface area is 122 Å². The largest absolute Gasteiger partial charge is 0.388 e. The van der Waals surface area contributed by atoms with E-state index in [1.165, 1.54) is 17.4 Å². The van der Waals surface area contributed by atoms with Crippen molar-refractivity contribution >= 4 is 22.0 Å². The molecule has 2 rings (SSSR count). The maximum atomic E-state index is 11.1. The van der Waals surface area contributed by atoms with Crippen LogP contribution < -0.4 is 4.90 Å². The van der Waals surface area contributed by atoms with E-state index in [0.717, 1.165) is 26.0 Å². The summed E-state index contributed by atoms with van der Waals surface area (Å²) in [7, 11) is 1.86. The number of hydrogen-bond donors (Lipinski definition) is 1. The molecule has 0 amide bonds. The van der Waals surface area contributed by atoms with Gasteiger partial charge in [0.2, 0.25) is 0 Å². The van der Waals surface area contributed by atoms with Crippen LogP contribution in [-0.2, 0) is 4.74 Å². The second-order valence-corrected chi connectivity index (χ2v) is 6.30. The number of nitrogens with zero attached hydrogens (tertiary/aromatic N) is 2. The zero-order valence-electron chi connectivity index (χ0n) is 11.7. The molecule has 2 atom stereocenters. The molecular formula is C13H20N2O4S. The third kappa shape index (κ3) is 3.47. The van der Waals surface area contributed by atoms with Crippen LogP contribution in [0.4, 0.5) is 10.7 Å². The molecule has 1 aliphatic heterocycles. The van der Waals surface area contributed by atoms with Gasteiger partial charge in [-0.05, 0) is 25.7 Å². The monoisotopic (exact) mass is 300 g/mol. The van der Waals surface area contributed by atoms with Crippen LogP contribution in [0.5, 0.6) is 0 Å². The zero-order valence-corrected chi connectivity index (χ0v) is 12.6. The third-order valence-electron chi connectivity index (χ3n) is 3.45. The molecule has 0 aromatic carbocycles. The molecule has 2 unspecified atom stereocenters. The molecule has 0 saturated carbocycles. The van der Waals surface area contributed by atoms with E-state index in [1.54, 1.807) is 6.92 Å². The summed E-state index contributed by atoms with van der Waals surface area (Å²) in [6.45, 7) is 3.88. The van der Waals surface area contributed by atoms with E-state index in [-0.39, 0.29) is 10.6 Å². The van der Waals surface area contributed by atoms with Crippen LogP contribution in [0.25, 0.3) is 0 Å². The number of anilines is 1. The number of ether oxygens (including phenoxy) is 1. The molecule has 7 heteroatoms. The molecule has 112 valence electrons. The first-order chi connectivity index (χ1) is 9.49. The third-order valence-corrected chi connectivity index (χ3v) is 4.86. The Morgan fingerprint density at radius 2 is 2.45 bits per heavy atom. The molecule has 0 spiro atoms. The summed E-state index contributed by atoms with van der Waals surface area (Å²) >= 11 is 1.29. The van der Waals surface area contributed by atoms with Crippen molar-refractivity contribution in [3.63, 3.8) is 0 Å². The van der Waals surface area contributed by atoms with Crippen LogP contribution in [-0.4, -0.2) is 36.8 Å². The number of aliphatic hydroxyl groups excluding tert-OH is 1. The van der Waals surface area contributed by atoms with Crippen molar-refractivity contribution in [3.8, 4) is 0 Å². The Balaban J connectivity index is 2.14. The predicted molar refractivity (Wildman–Crippen MR) is 78.4 cm³/mol. The van der Waals surface area contributed by atoms with E-state index >= 15 is 0 Å². The molecule has 0 bridgehead atoms. The smallest absolute Gasteiger partial charge is 0.304 e. The Kier molecular flexibility index (Phi) is 4.95. The molecule has 1 saturated heterocycles. The van der Waals surface area contributed by atoms with E-state index in [0.29, 0.717) is 22.4 Å². The van der Waals surface area contributed by atoms with Gasteiger partial charge in [0.15, 0.2) is 5.00 Å². The molecule has 0 aliphatic carbocycles.